The van der Waals surface area contributed by atoms with Crippen LogP contribution in [0.4, 0.5) is 0 Å². The van der Waals surface area contributed by atoms with Crippen molar-refractivity contribution < 1.29 is 29.3 Å². The topological polar surface area (TPSA) is 96.3 Å². The van der Waals surface area contributed by atoms with E-state index in [9.17, 15) is 19.8 Å². The van der Waals surface area contributed by atoms with E-state index in [4.69, 9.17) is 9.47 Å². The molecule has 2 aliphatic rings. The number of aliphatic hydroxyl groups excluding tert-OH is 1. The maximum Gasteiger partial charge on any atom is 0.335 e. The molecule has 2 saturated heterocycles. The van der Waals surface area contributed by atoms with Crippen molar-refractivity contribution in [2.45, 2.75) is 37.4 Å². The monoisotopic (exact) mass is 349 g/mol. The summed E-state index contributed by atoms with van der Waals surface area (Å²) in [5, 5.41) is 19.5. The Morgan fingerprint density at radius 2 is 1.92 bits per heavy atom. The Hall–Kier alpha value is -2.12. The number of likely N-dealkylation sites (tertiary alicyclic amines) is 1. The zero-order chi connectivity index (χ0) is 18.0. The summed E-state index contributed by atoms with van der Waals surface area (Å²) in [6.45, 7) is 1.58. The minimum atomic E-state index is -1.11. The van der Waals surface area contributed by atoms with Crippen LogP contribution in [0.15, 0.2) is 18.2 Å². The molecule has 0 aliphatic carbocycles. The van der Waals surface area contributed by atoms with Crippen molar-refractivity contribution in [3.8, 4) is 5.75 Å². The molecule has 1 spiro atoms. The zero-order valence-electron chi connectivity index (χ0n) is 14.2. The van der Waals surface area contributed by atoms with Crippen molar-refractivity contribution in [1.82, 2.24) is 4.90 Å². The molecule has 2 fully saturated rings. The molecule has 0 aromatic heterocycles. The maximum atomic E-state index is 12.8. The van der Waals surface area contributed by atoms with E-state index in [1.54, 1.807) is 11.0 Å². The molecule has 1 amide bonds. The first kappa shape index (κ1) is 17.7. The highest BCUT2D eigenvalue weighted by atomic mass is 16.5. The summed E-state index contributed by atoms with van der Waals surface area (Å²) in [6, 6.07) is 4.30. The van der Waals surface area contributed by atoms with Gasteiger partial charge in [0.2, 0.25) is 0 Å². The van der Waals surface area contributed by atoms with E-state index < -0.39 is 17.7 Å². The molecular formula is C18H23NO6. The highest BCUT2D eigenvalue weighted by molar-refractivity contribution is 5.98. The maximum absolute atomic E-state index is 12.8. The lowest BCUT2D eigenvalue weighted by molar-refractivity contribution is -0.174. The number of nitrogens with zero attached hydrogens (tertiary/aromatic N) is 1. The first-order valence-electron chi connectivity index (χ1n) is 8.49. The van der Waals surface area contributed by atoms with Crippen LogP contribution in [-0.4, -0.2) is 65.5 Å². The number of carboxylic acids is 1. The fourth-order valence-corrected chi connectivity index (χ4v) is 3.62. The van der Waals surface area contributed by atoms with Crippen LogP contribution in [-0.2, 0) is 4.74 Å². The minimum absolute atomic E-state index is 0.0159. The van der Waals surface area contributed by atoms with E-state index in [2.05, 4.69) is 0 Å². The predicted octanol–water partition coefficient (Wildman–Crippen LogP) is 1.54. The van der Waals surface area contributed by atoms with Gasteiger partial charge in [-0.25, -0.2) is 4.79 Å². The fourth-order valence-electron chi connectivity index (χ4n) is 3.62. The molecule has 0 saturated carbocycles. The summed E-state index contributed by atoms with van der Waals surface area (Å²) in [5.74, 6) is -1.01. The number of rotatable bonds is 3. The first-order valence-corrected chi connectivity index (χ1v) is 8.49. The number of carboxylic acid groups (broad SMARTS) is 1. The van der Waals surface area contributed by atoms with Crippen molar-refractivity contribution in [2.24, 2.45) is 0 Å². The summed E-state index contributed by atoms with van der Waals surface area (Å²) in [7, 11) is 1.43. The number of benzene rings is 1. The molecule has 136 valence electrons. The molecule has 2 N–H and O–H groups in total. The second-order valence-corrected chi connectivity index (χ2v) is 6.62. The molecule has 7 heteroatoms. The van der Waals surface area contributed by atoms with Crippen LogP contribution in [0.3, 0.4) is 0 Å². The van der Waals surface area contributed by atoms with Crippen molar-refractivity contribution in [1.29, 1.82) is 0 Å². The summed E-state index contributed by atoms with van der Waals surface area (Å²) in [4.78, 5) is 25.7. The summed E-state index contributed by atoms with van der Waals surface area (Å²) >= 11 is 0. The molecule has 0 unspecified atom stereocenters. The molecule has 2 aliphatic heterocycles. The van der Waals surface area contributed by atoms with Gasteiger partial charge in [0.15, 0.2) is 0 Å². The Balaban J connectivity index is 1.74. The number of amides is 1. The number of carbonyl (C=O) groups is 2. The van der Waals surface area contributed by atoms with Crippen LogP contribution in [0.2, 0.25) is 0 Å². The molecule has 1 aromatic carbocycles. The van der Waals surface area contributed by atoms with Gasteiger partial charge in [0.25, 0.3) is 5.91 Å². The Bertz CT molecular complexity index is 666. The molecule has 2 heterocycles. The molecule has 1 aromatic rings. The largest absolute Gasteiger partial charge is 0.497 e. The van der Waals surface area contributed by atoms with E-state index in [1.807, 2.05) is 0 Å². The van der Waals surface area contributed by atoms with Crippen LogP contribution in [0, 0.1) is 0 Å². The number of carbonyl (C=O) groups excluding carboxylic acids is 1. The van der Waals surface area contributed by atoms with Gasteiger partial charge in [0.05, 0.1) is 24.4 Å². The van der Waals surface area contributed by atoms with Crippen LogP contribution in [0.1, 0.15) is 46.4 Å². The van der Waals surface area contributed by atoms with Gasteiger partial charge < -0.3 is 24.6 Å². The van der Waals surface area contributed by atoms with Gasteiger partial charge in [0.1, 0.15) is 5.75 Å². The van der Waals surface area contributed by atoms with Crippen LogP contribution in [0.5, 0.6) is 5.75 Å². The number of hydrogen-bond donors (Lipinski definition) is 2. The number of aromatic carboxylic acids is 1. The Kier molecular flexibility index (Phi) is 4.96. The average Bonchev–Trinajstić information content (AvgIpc) is 2.64. The standard InChI is InChI=1S/C18H23NO6/c1-24-14-10-12(9-13(11-14)17(22)23)16(21)19-6-4-18(5-7-19)15(20)3-2-8-25-18/h9-11,15,20H,2-8H2,1H3,(H,22,23)/t15-/m0/s1. The van der Waals surface area contributed by atoms with Crippen LogP contribution < -0.4 is 4.74 Å². The third-order valence-electron chi connectivity index (χ3n) is 5.15. The van der Waals surface area contributed by atoms with E-state index in [1.165, 1.54) is 19.2 Å². The SMILES string of the molecule is COc1cc(C(=O)O)cc(C(=O)N2CCC3(CC2)OCCC[C@@H]3O)c1. The van der Waals surface area contributed by atoms with Gasteiger partial charge in [0, 0.05) is 25.3 Å². The zero-order valence-corrected chi connectivity index (χ0v) is 14.2. The number of methoxy groups -OCH3 is 1. The smallest absolute Gasteiger partial charge is 0.335 e. The molecule has 1 atom stereocenters. The summed E-state index contributed by atoms with van der Waals surface area (Å²) in [5.41, 5.74) is -0.240. The lowest BCUT2D eigenvalue weighted by Crippen LogP contribution is -2.56. The van der Waals surface area contributed by atoms with Crippen molar-refractivity contribution >= 4 is 11.9 Å². The van der Waals surface area contributed by atoms with Crippen LogP contribution >= 0.6 is 0 Å². The predicted molar refractivity (Wildman–Crippen MR) is 89.0 cm³/mol. The number of aliphatic hydroxyl groups is 1. The highest BCUT2D eigenvalue weighted by Crippen LogP contribution is 2.35. The molecule has 25 heavy (non-hydrogen) atoms. The summed E-state index contributed by atoms with van der Waals surface area (Å²) in [6.07, 6.45) is 2.25. The van der Waals surface area contributed by atoms with E-state index in [0.29, 0.717) is 38.3 Å². The van der Waals surface area contributed by atoms with Crippen molar-refractivity contribution in [2.75, 3.05) is 26.8 Å². The lowest BCUT2D eigenvalue weighted by Gasteiger charge is -2.46. The van der Waals surface area contributed by atoms with Gasteiger partial charge in [-0.2, -0.15) is 0 Å². The quantitative estimate of drug-likeness (QED) is 0.859. The molecule has 3 rings (SSSR count). The van der Waals surface area contributed by atoms with E-state index in [-0.39, 0.29) is 17.0 Å². The van der Waals surface area contributed by atoms with Gasteiger partial charge in [-0.3, -0.25) is 4.79 Å². The number of hydrogen-bond acceptors (Lipinski definition) is 5. The third kappa shape index (κ3) is 3.48. The normalized spacial score (nSPS) is 22.6. The number of ether oxygens (including phenoxy) is 2. The summed E-state index contributed by atoms with van der Waals surface area (Å²) < 4.78 is 11.0. The van der Waals surface area contributed by atoms with Crippen LogP contribution in [0.25, 0.3) is 0 Å². The highest BCUT2D eigenvalue weighted by Gasteiger charge is 2.44. The van der Waals surface area contributed by atoms with Gasteiger partial charge in [-0.1, -0.05) is 0 Å². The second-order valence-electron chi connectivity index (χ2n) is 6.62. The number of piperidine rings is 1. The lowest BCUT2D eigenvalue weighted by atomic mass is 9.82. The third-order valence-corrected chi connectivity index (χ3v) is 5.15. The Morgan fingerprint density at radius 1 is 1.24 bits per heavy atom. The second kappa shape index (κ2) is 7.01. The van der Waals surface area contributed by atoms with Gasteiger partial charge in [-0.05, 0) is 43.9 Å². The van der Waals surface area contributed by atoms with Gasteiger partial charge in [-0.15, -0.1) is 0 Å². The van der Waals surface area contributed by atoms with Gasteiger partial charge >= 0.3 is 5.97 Å². The molecule has 7 nitrogen and oxygen atoms in total. The Labute approximate surface area is 146 Å². The molecular weight excluding hydrogens is 326 g/mol. The minimum Gasteiger partial charge on any atom is -0.497 e. The first-order chi connectivity index (χ1) is 11.9. The van der Waals surface area contributed by atoms with Crippen molar-refractivity contribution in [3.05, 3.63) is 29.3 Å². The molecule has 0 radical (unpaired) electrons. The van der Waals surface area contributed by atoms with E-state index in [0.717, 1.165) is 12.8 Å². The van der Waals surface area contributed by atoms with Crippen molar-refractivity contribution in [3.63, 3.8) is 0 Å². The van der Waals surface area contributed by atoms with E-state index >= 15 is 0 Å². The molecule has 0 bridgehead atoms. The average molecular weight is 349 g/mol. The Morgan fingerprint density at radius 3 is 2.52 bits per heavy atom. The fraction of sp³-hybridized carbons (Fsp3) is 0.556.